The van der Waals surface area contributed by atoms with Gasteiger partial charge in [-0.1, -0.05) is 12.1 Å². The Morgan fingerprint density at radius 1 is 1.32 bits per heavy atom. The molecule has 0 aromatic heterocycles. The molecule has 0 radical (unpaired) electrons. The summed E-state index contributed by atoms with van der Waals surface area (Å²) in [6.45, 7) is 1.38. The minimum atomic E-state index is -0.151. The summed E-state index contributed by atoms with van der Waals surface area (Å²) in [7, 11) is 3.11. The highest BCUT2D eigenvalue weighted by atomic mass is 16.5. The number of nitrogens with zero attached hydrogens (tertiary/aromatic N) is 1. The Kier molecular flexibility index (Phi) is 4.80. The fourth-order valence-corrected chi connectivity index (χ4v) is 2.60. The number of hydrogen-bond donors (Lipinski definition) is 0. The van der Waals surface area contributed by atoms with E-state index in [9.17, 15) is 4.79 Å². The maximum atomic E-state index is 11.4. The summed E-state index contributed by atoms with van der Waals surface area (Å²) in [5.41, 5.74) is 1.28. The molecule has 0 saturated carbocycles. The molecule has 2 rings (SSSR count). The number of benzene rings is 1. The highest BCUT2D eigenvalue weighted by molar-refractivity contribution is 5.71. The van der Waals surface area contributed by atoms with E-state index in [1.165, 1.54) is 12.7 Å². The van der Waals surface area contributed by atoms with Crippen molar-refractivity contribution in [3.63, 3.8) is 0 Å². The summed E-state index contributed by atoms with van der Waals surface area (Å²) in [5, 5.41) is 0. The molecule has 4 nitrogen and oxygen atoms in total. The average Bonchev–Trinajstić information content (AvgIpc) is 2.86. The van der Waals surface area contributed by atoms with E-state index in [2.05, 4.69) is 17.0 Å². The predicted molar refractivity (Wildman–Crippen MR) is 73.3 cm³/mol. The third-order valence-corrected chi connectivity index (χ3v) is 3.69. The van der Waals surface area contributed by atoms with E-state index >= 15 is 0 Å². The zero-order valence-electron chi connectivity index (χ0n) is 11.6. The Hall–Kier alpha value is -1.55. The lowest BCUT2D eigenvalue weighted by Crippen LogP contribution is -2.36. The number of likely N-dealkylation sites (tertiary alicyclic amines) is 1. The number of methoxy groups -OCH3 is 2. The molecule has 4 heteroatoms. The van der Waals surface area contributed by atoms with Crippen LogP contribution >= 0.6 is 0 Å². The number of carbonyl (C=O) groups excluding carboxylic acids is 1. The van der Waals surface area contributed by atoms with Gasteiger partial charge >= 0.3 is 5.97 Å². The fraction of sp³-hybridized carbons (Fsp3) is 0.533. The molecule has 1 heterocycles. The van der Waals surface area contributed by atoms with Gasteiger partial charge in [0.15, 0.2) is 0 Å². The van der Waals surface area contributed by atoms with Crippen LogP contribution in [0, 0.1) is 0 Å². The SMILES string of the molecule is COC(=O)CN1CCC[C@@H]1Cc1ccc(OC)cc1. The van der Waals surface area contributed by atoms with Crippen molar-refractivity contribution < 1.29 is 14.3 Å². The third-order valence-electron chi connectivity index (χ3n) is 3.69. The van der Waals surface area contributed by atoms with E-state index in [1.54, 1.807) is 7.11 Å². The van der Waals surface area contributed by atoms with Crippen LogP contribution in [-0.2, 0) is 16.0 Å². The van der Waals surface area contributed by atoms with Crippen molar-refractivity contribution in [2.75, 3.05) is 27.3 Å². The first-order valence-corrected chi connectivity index (χ1v) is 6.66. The van der Waals surface area contributed by atoms with Crippen molar-refractivity contribution in [1.29, 1.82) is 0 Å². The summed E-state index contributed by atoms with van der Waals surface area (Å²) in [6, 6.07) is 8.58. The van der Waals surface area contributed by atoms with E-state index in [0.29, 0.717) is 12.6 Å². The van der Waals surface area contributed by atoms with Crippen molar-refractivity contribution in [3.8, 4) is 5.75 Å². The number of carbonyl (C=O) groups is 1. The van der Waals surface area contributed by atoms with Crippen LogP contribution in [0.15, 0.2) is 24.3 Å². The van der Waals surface area contributed by atoms with Crippen LogP contribution in [0.3, 0.4) is 0 Å². The average molecular weight is 263 g/mol. The maximum absolute atomic E-state index is 11.4. The molecule has 1 saturated heterocycles. The van der Waals surface area contributed by atoms with Crippen molar-refractivity contribution in [3.05, 3.63) is 29.8 Å². The second kappa shape index (κ2) is 6.57. The number of rotatable bonds is 5. The van der Waals surface area contributed by atoms with Gasteiger partial charge in [0.2, 0.25) is 0 Å². The van der Waals surface area contributed by atoms with E-state index in [0.717, 1.165) is 31.6 Å². The van der Waals surface area contributed by atoms with Crippen LogP contribution in [0.5, 0.6) is 5.75 Å². The van der Waals surface area contributed by atoms with Gasteiger partial charge < -0.3 is 9.47 Å². The first-order valence-electron chi connectivity index (χ1n) is 6.66. The highest BCUT2D eigenvalue weighted by Crippen LogP contribution is 2.22. The van der Waals surface area contributed by atoms with Crippen LogP contribution in [0.25, 0.3) is 0 Å². The number of ether oxygens (including phenoxy) is 2. The predicted octanol–water partition coefficient (Wildman–Crippen LogP) is 1.88. The van der Waals surface area contributed by atoms with Crippen molar-refractivity contribution in [2.45, 2.75) is 25.3 Å². The minimum Gasteiger partial charge on any atom is -0.497 e. The lowest BCUT2D eigenvalue weighted by molar-refractivity contribution is -0.142. The van der Waals surface area contributed by atoms with Gasteiger partial charge in [0.1, 0.15) is 5.75 Å². The second-order valence-electron chi connectivity index (χ2n) is 4.89. The molecule has 19 heavy (non-hydrogen) atoms. The van der Waals surface area contributed by atoms with Crippen LogP contribution in [-0.4, -0.2) is 44.2 Å². The van der Waals surface area contributed by atoms with E-state index < -0.39 is 0 Å². The Labute approximate surface area is 114 Å². The van der Waals surface area contributed by atoms with Crippen LogP contribution < -0.4 is 4.74 Å². The summed E-state index contributed by atoms with van der Waals surface area (Å²) < 4.78 is 9.90. The molecule has 0 amide bonds. The maximum Gasteiger partial charge on any atom is 0.319 e. The summed E-state index contributed by atoms with van der Waals surface area (Å²) >= 11 is 0. The standard InChI is InChI=1S/C15H21NO3/c1-18-14-7-5-12(6-8-14)10-13-4-3-9-16(13)11-15(17)19-2/h5-8,13H,3-4,9-11H2,1-2H3/t13-/m1/s1. The van der Waals surface area contributed by atoms with Gasteiger partial charge in [0, 0.05) is 6.04 Å². The number of esters is 1. The molecule has 0 bridgehead atoms. The molecule has 104 valence electrons. The van der Waals surface area contributed by atoms with Gasteiger partial charge in [-0.25, -0.2) is 0 Å². The largest absolute Gasteiger partial charge is 0.497 e. The molecule has 1 aliphatic heterocycles. The second-order valence-corrected chi connectivity index (χ2v) is 4.89. The van der Waals surface area contributed by atoms with Gasteiger partial charge in [0.05, 0.1) is 20.8 Å². The zero-order valence-corrected chi connectivity index (χ0v) is 11.6. The van der Waals surface area contributed by atoms with Gasteiger partial charge in [-0.3, -0.25) is 9.69 Å². The van der Waals surface area contributed by atoms with E-state index in [1.807, 2.05) is 12.1 Å². The molecule has 1 fully saturated rings. The van der Waals surface area contributed by atoms with Crippen LogP contribution in [0.1, 0.15) is 18.4 Å². The molecule has 1 aliphatic rings. The first kappa shape index (κ1) is 13.9. The zero-order chi connectivity index (χ0) is 13.7. The summed E-state index contributed by atoms with van der Waals surface area (Å²) in [4.78, 5) is 13.6. The Morgan fingerprint density at radius 2 is 2.05 bits per heavy atom. The Morgan fingerprint density at radius 3 is 2.68 bits per heavy atom. The monoisotopic (exact) mass is 263 g/mol. The van der Waals surface area contributed by atoms with E-state index in [-0.39, 0.29) is 5.97 Å². The summed E-state index contributed by atoms with van der Waals surface area (Å²) in [5.74, 6) is 0.725. The molecule has 0 aliphatic carbocycles. The molecular weight excluding hydrogens is 242 g/mol. The normalized spacial score (nSPS) is 19.4. The minimum absolute atomic E-state index is 0.151. The first-order chi connectivity index (χ1) is 9.22. The topological polar surface area (TPSA) is 38.8 Å². The van der Waals surface area contributed by atoms with Gasteiger partial charge in [-0.05, 0) is 43.5 Å². The Bertz CT molecular complexity index is 416. The van der Waals surface area contributed by atoms with Crippen LogP contribution in [0.4, 0.5) is 0 Å². The third kappa shape index (κ3) is 3.70. The van der Waals surface area contributed by atoms with Crippen LogP contribution in [0.2, 0.25) is 0 Å². The lowest BCUT2D eigenvalue weighted by Gasteiger charge is -2.23. The molecule has 1 aromatic carbocycles. The number of hydrogen-bond acceptors (Lipinski definition) is 4. The lowest BCUT2D eigenvalue weighted by atomic mass is 10.0. The highest BCUT2D eigenvalue weighted by Gasteiger charge is 2.26. The van der Waals surface area contributed by atoms with Gasteiger partial charge in [0.25, 0.3) is 0 Å². The smallest absolute Gasteiger partial charge is 0.319 e. The molecule has 0 unspecified atom stereocenters. The molecule has 1 atom stereocenters. The molecular formula is C15H21NO3. The molecule has 1 aromatic rings. The Balaban J connectivity index is 1.94. The van der Waals surface area contributed by atoms with Crippen molar-refractivity contribution in [2.24, 2.45) is 0 Å². The van der Waals surface area contributed by atoms with Crippen molar-refractivity contribution in [1.82, 2.24) is 4.90 Å². The molecule has 0 N–H and O–H groups in total. The van der Waals surface area contributed by atoms with E-state index in [4.69, 9.17) is 9.47 Å². The quantitative estimate of drug-likeness (QED) is 0.760. The van der Waals surface area contributed by atoms with Gasteiger partial charge in [-0.15, -0.1) is 0 Å². The fourth-order valence-electron chi connectivity index (χ4n) is 2.60. The summed E-state index contributed by atoms with van der Waals surface area (Å²) in [6.07, 6.45) is 3.27. The van der Waals surface area contributed by atoms with Crippen molar-refractivity contribution >= 4 is 5.97 Å². The molecule has 0 spiro atoms. The van der Waals surface area contributed by atoms with Gasteiger partial charge in [-0.2, -0.15) is 0 Å².